The number of carbonyl (C=O) groups excluding carboxylic acids is 4. The highest BCUT2D eigenvalue weighted by atomic mass is 35.5. The molecule has 0 aromatic heterocycles. The van der Waals surface area contributed by atoms with Crippen molar-refractivity contribution in [1.29, 1.82) is 0 Å². The van der Waals surface area contributed by atoms with Crippen LogP contribution < -0.4 is 15.5 Å². The molecule has 3 aromatic carbocycles. The minimum atomic E-state index is -0.775. The fourth-order valence-corrected chi connectivity index (χ4v) is 4.06. The van der Waals surface area contributed by atoms with Crippen molar-refractivity contribution in [3.8, 4) is 0 Å². The summed E-state index contributed by atoms with van der Waals surface area (Å²) in [6, 6.07) is 17.6. The van der Waals surface area contributed by atoms with Gasteiger partial charge in [-0.25, -0.2) is 9.69 Å². The Morgan fingerprint density at radius 2 is 1.61 bits per heavy atom. The van der Waals surface area contributed by atoms with Crippen LogP contribution in [-0.4, -0.2) is 30.3 Å². The second-order valence-electron chi connectivity index (χ2n) is 8.41. The van der Waals surface area contributed by atoms with Crippen LogP contribution >= 0.6 is 23.2 Å². The summed E-state index contributed by atoms with van der Waals surface area (Å²) in [7, 11) is 0. The second kappa shape index (κ2) is 11.5. The molecule has 0 aliphatic carbocycles. The Balaban J connectivity index is 1.50. The Morgan fingerprint density at radius 1 is 0.921 bits per heavy atom. The maximum absolute atomic E-state index is 13.2. The molecule has 0 bridgehead atoms. The van der Waals surface area contributed by atoms with Crippen molar-refractivity contribution in [2.24, 2.45) is 0 Å². The molecule has 1 aliphatic rings. The smallest absolute Gasteiger partial charge is 0.340 e. The number of para-hydroxylation sites is 1. The van der Waals surface area contributed by atoms with E-state index >= 15 is 0 Å². The molecule has 0 saturated heterocycles. The van der Waals surface area contributed by atoms with Crippen LogP contribution in [0.3, 0.4) is 0 Å². The quantitative estimate of drug-likeness (QED) is 0.266. The molecule has 1 heterocycles. The van der Waals surface area contributed by atoms with Crippen LogP contribution in [0, 0.1) is 6.92 Å². The van der Waals surface area contributed by atoms with Gasteiger partial charge in [-0.15, -0.1) is 0 Å². The van der Waals surface area contributed by atoms with Crippen molar-refractivity contribution in [2.75, 3.05) is 22.1 Å². The molecule has 0 fully saturated rings. The highest BCUT2D eigenvalue weighted by Crippen LogP contribution is 2.32. The number of rotatable bonds is 8. The van der Waals surface area contributed by atoms with Crippen LogP contribution in [0.5, 0.6) is 0 Å². The average Bonchev–Trinajstić information content (AvgIpc) is 3.12. The van der Waals surface area contributed by atoms with E-state index in [4.69, 9.17) is 27.9 Å². The summed E-state index contributed by atoms with van der Waals surface area (Å²) in [6.07, 6.45) is 0.623. The maximum atomic E-state index is 13.2. The van der Waals surface area contributed by atoms with Crippen molar-refractivity contribution in [1.82, 2.24) is 0 Å². The number of hydrogen-bond donors (Lipinski definition) is 2. The summed E-state index contributed by atoms with van der Waals surface area (Å²) in [5, 5.41) is 5.84. The van der Waals surface area contributed by atoms with E-state index in [1.165, 1.54) is 12.1 Å². The van der Waals surface area contributed by atoms with E-state index in [1.54, 1.807) is 54.6 Å². The first-order valence-electron chi connectivity index (χ1n) is 11.7. The number of imide groups is 1. The van der Waals surface area contributed by atoms with Gasteiger partial charge in [-0.05, 0) is 67.4 Å². The molecule has 0 spiro atoms. The van der Waals surface area contributed by atoms with Crippen LogP contribution in [0.4, 0.5) is 17.1 Å². The first kappa shape index (κ1) is 26.9. The van der Waals surface area contributed by atoms with E-state index < -0.39 is 17.8 Å². The van der Waals surface area contributed by atoms with Crippen LogP contribution in [0.15, 0.2) is 77.5 Å². The standard InChI is InChI=1S/C28H23Cl2N3O5/c1-3-14-38-28(37)20-6-4-5-7-22(20)33-26(35)23(30)24(27(33)36)31-18-12-9-17(10-13-18)25(34)32-19-11-8-16(2)21(29)15-19/h4-13,15,31H,3,14H2,1-2H3,(H,32,34). The summed E-state index contributed by atoms with van der Waals surface area (Å²) < 4.78 is 5.19. The molecule has 2 N–H and O–H groups in total. The van der Waals surface area contributed by atoms with Crippen molar-refractivity contribution >= 4 is 64.0 Å². The fraction of sp³-hybridized carbons (Fsp3) is 0.143. The number of nitrogens with zero attached hydrogens (tertiary/aromatic N) is 1. The molecule has 1 aliphatic heterocycles. The number of benzene rings is 3. The third-order valence-corrected chi connectivity index (χ3v) is 6.43. The third kappa shape index (κ3) is 5.56. The summed E-state index contributed by atoms with van der Waals surface area (Å²) in [5.74, 6) is -2.50. The van der Waals surface area contributed by atoms with Gasteiger partial charge in [0, 0.05) is 22.0 Å². The predicted octanol–water partition coefficient (Wildman–Crippen LogP) is 5.90. The lowest BCUT2D eigenvalue weighted by atomic mass is 10.1. The number of carbonyl (C=O) groups is 4. The molecular formula is C28H23Cl2N3O5. The van der Waals surface area contributed by atoms with Crippen LogP contribution in [-0.2, 0) is 14.3 Å². The molecule has 10 heteroatoms. The topological polar surface area (TPSA) is 105 Å². The lowest BCUT2D eigenvalue weighted by Crippen LogP contribution is -2.33. The monoisotopic (exact) mass is 551 g/mol. The van der Waals surface area contributed by atoms with Gasteiger partial charge in [0.2, 0.25) is 0 Å². The van der Waals surface area contributed by atoms with Gasteiger partial charge >= 0.3 is 5.97 Å². The molecule has 4 rings (SSSR count). The zero-order valence-electron chi connectivity index (χ0n) is 20.5. The third-order valence-electron chi connectivity index (χ3n) is 5.68. The highest BCUT2D eigenvalue weighted by molar-refractivity contribution is 6.53. The minimum Gasteiger partial charge on any atom is -0.462 e. The highest BCUT2D eigenvalue weighted by Gasteiger charge is 2.40. The molecule has 0 atom stereocenters. The molecule has 0 radical (unpaired) electrons. The lowest BCUT2D eigenvalue weighted by Gasteiger charge is -2.18. The first-order valence-corrected chi connectivity index (χ1v) is 12.5. The Labute approximate surface area is 229 Å². The Bertz CT molecular complexity index is 1470. The van der Waals surface area contributed by atoms with Gasteiger partial charge in [-0.2, -0.15) is 0 Å². The van der Waals surface area contributed by atoms with Gasteiger partial charge in [0.05, 0.1) is 17.9 Å². The molecule has 3 aromatic rings. The van der Waals surface area contributed by atoms with Gasteiger partial charge < -0.3 is 15.4 Å². The number of aryl methyl sites for hydroxylation is 1. The summed E-state index contributed by atoms with van der Waals surface area (Å²) in [4.78, 5) is 52.1. The molecular weight excluding hydrogens is 529 g/mol. The van der Waals surface area contributed by atoms with Gasteiger partial charge in [0.25, 0.3) is 17.7 Å². The molecule has 194 valence electrons. The Morgan fingerprint density at radius 3 is 2.29 bits per heavy atom. The van der Waals surface area contributed by atoms with Crippen LogP contribution in [0.25, 0.3) is 0 Å². The maximum Gasteiger partial charge on any atom is 0.340 e. The van der Waals surface area contributed by atoms with E-state index in [0.717, 1.165) is 10.5 Å². The summed E-state index contributed by atoms with van der Waals surface area (Å²) in [6.45, 7) is 3.92. The normalized spacial score (nSPS) is 13.1. The van der Waals surface area contributed by atoms with Crippen molar-refractivity contribution < 1.29 is 23.9 Å². The second-order valence-corrected chi connectivity index (χ2v) is 9.19. The zero-order valence-corrected chi connectivity index (χ0v) is 22.0. The van der Waals surface area contributed by atoms with E-state index in [9.17, 15) is 19.2 Å². The molecule has 0 saturated carbocycles. The number of amides is 3. The van der Waals surface area contributed by atoms with Crippen molar-refractivity contribution in [3.63, 3.8) is 0 Å². The lowest BCUT2D eigenvalue weighted by molar-refractivity contribution is -0.120. The van der Waals surface area contributed by atoms with Crippen molar-refractivity contribution in [3.05, 3.63) is 99.2 Å². The average molecular weight is 552 g/mol. The number of anilines is 3. The molecule has 8 nitrogen and oxygen atoms in total. The van der Waals surface area contributed by atoms with Gasteiger partial charge in [-0.3, -0.25) is 14.4 Å². The number of halogens is 2. The van der Waals surface area contributed by atoms with Crippen LogP contribution in [0.1, 0.15) is 39.6 Å². The number of esters is 1. The largest absolute Gasteiger partial charge is 0.462 e. The molecule has 38 heavy (non-hydrogen) atoms. The SMILES string of the molecule is CCCOC(=O)c1ccccc1N1C(=O)C(Cl)=C(Nc2ccc(C(=O)Nc3ccc(C)c(Cl)c3)cc2)C1=O. The number of hydrogen-bond acceptors (Lipinski definition) is 6. The molecule has 0 unspecified atom stereocenters. The van der Waals surface area contributed by atoms with E-state index in [-0.39, 0.29) is 34.5 Å². The van der Waals surface area contributed by atoms with E-state index in [1.807, 2.05) is 13.8 Å². The first-order chi connectivity index (χ1) is 18.2. The van der Waals surface area contributed by atoms with E-state index in [2.05, 4.69) is 10.6 Å². The zero-order chi connectivity index (χ0) is 27.4. The van der Waals surface area contributed by atoms with Crippen molar-refractivity contribution in [2.45, 2.75) is 20.3 Å². The predicted molar refractivity (Wildman–Crippen MR) is 147 cm³/mol. The summed E-state index contributed by atoms with van der Waals surface area (Å²) in [5.41, 5.74) is 2.22. The molecule has 3 amide bonds. The number of ether oxygens (including phenoxy) is 1. The fourth-order valence-electron chi connectivity index (χ4n) is 3.67. The summed E-state index contributed by atoms with van der Waals surface area (Å²) >= 11 is 12.4. The minimum absolute atomic E-state index is 0.0681. The Kier molecular flexibility index (Phi) is 8.14. The van der Waals surface area contributed by atoms with Gasteiger partial charge in [-0.1, -0.05) is 48.3 Å². The number of nitrogens with one attached hydrogen (secondary N) is 2. The Hall–Kier alpha value is -4.14. The van der Waals surface area contributed by atoms with Crippen LogP contribution in [0.2, 0.25) is 5.02 Å². The van der Waals surface area contributed by atoms with Gasteiger partial charge in [0.1, 0.15) is 10.7 Å². The van der Waals surface area contributed by atoms with E-state index in [0.29, 0.717) is 28.4 Å². The van der Waals surface area contributed by atoms with Gasteiger partial charge in [0.15, 0.2) is 0 Å².